The molecule has 0 aromatic heterocycles. The first-order valence-corrected chi connectivity index (χ1v) is 9.44. The van der Waals surface area contributed by atoms with Crippen molar-refractivity contribution in [2.75, 3.05) is 0 Å². The second-order valence-corrected chi connectivity index (χ2v) is 8.57. The molecule has 0 aromatic rings. The number of fused-ring (bicyclic) bond motifs is 2. The number of ether oxygens (including phenoxy) is 1. The average molecular weight is 325 g/mol. The average Bonchev–Trinajstić information content (AvgIpc) is 2.73. The lowest BCUT2D eigenvalue weighted by atomic mass is 9.82. The fourth-order valence-electron chi connectivity index (χ4n) is 4.38. The van der Waals surface area contributed by atoms with Crippen LogP contribution < -0.4 is 0 Å². The van der Waals surface area contributed by atoms with E-state index in [4.69, 9.17) is 4.74 Å². The highest BCUT2D eigenvalue weighted by molar-refractivity contribution is 4.99. The Bertz CT molecular complexity index is 408. The second-order valence-electron chi connectivity index (χ2n) is 8.57. The minimum absolute atomic E-state index is 0.120. The summed E-state index contributed by atoms with van der Waals surface area (Å²) in [7, 11) is 0. The molecule has 3 heteroatoms. The molecule has 0 saturated carbocycles. The lowest BCUT2D eigenvalue weighted by Crippen LogP contribution is -2.31. The molecule has 2 rings (SSSR count). The van der Waals surface area contributed by atoms with E-state index in [0.717, 1.165) is 38.5 Å². The van der Waals surface area contributed by atoms with Crippen molar-refractivity contribution in [3.8, 4) is 0 Å². The highest BCUT2D eigenvalue weighted by Crippen LogP contribution is 2.42. The maximum Gasteiger partial charge on any atom is 0.166 e. The van der Waals surface area contributed by atoms with Gasteiger partial charge >= 0.3 is 0 Å². The third-order valence-corrected chi connectivity index (χ3v) is 6.11. The Morgan fingerprint density at radius 3 is 2.39 bits per heavy atom. The van der Waals surface area contributed by atoms with E-state index in [1.807, 2.05) is 0 Å². The zero-order valence-electron chi connectivity index (χ0n) is 15.4. The van der Waals surface area contributed by atoms with Gasteiger partial charge < -0.3 is 14.9 Å². The van der Waals surface area contributed by atoms with E-state index in [9.17, 15) is 10.2 Å². The molecular formula is C20H36O3. The van der Waals surface area contributed by atoms with Crippen LogP contribution in [0.2, 0.25) is 0 Å². The van der Waals surface area contributed by atoms with Crippen LogP contribution in [-0.2, 0) is 4.74 Å². The molecule has 2 saturated heterocycles. The van der Waals surface area contributed by atoms with Gasteiger partial charge in [0, 0.05) is 12.8 Å². The molecule has 2 N–H and O–H groups in total. The standard InChI is InChI=1S/C20H36O3/c1-13(2)17-8-7-15(4)18(21)9-6-14(3)11-20(22)12-16(5)19(10-17)23-20/h14-19,21-22H,1,6-12H2,2-5H3/t14-,15+,16+,17+,18+,19+,20?/m0/s1. The van der Waals surface area contributed by atoms with Gasteiger partial charge in [-0.2, -0.15) is 0 Å². The van der Waals surface area contributed by atoms with E-state index >= 15 is 0 Å². The Balaban J connectivity index is 2.15. The molecule has 23 heavy (non-hydrogen) atoms. The molecule has 0 spiro atoms. The summed E-state index contributed by atoms with van der Waals surface area (Å²) in [5, 5.41) is 21.2. The summed E-state index contributed by atoms with van der Waals surface area (Å²) in [4.78, 5) is 0. The van der Waals surface area contributed by atoms with Crippen molar-refractivity contribution >= 4 is 0 Å². The van der Waals surface area contributed by atoms with Gasteiger partial charge in [0.25, 0.3) is 0 Å². The summed E-state index contributed by atoms with van der Waals surface area (Å²) in [6, 6.07) is 0. The third kappa shape index (κ3) is 5.04. The first kappa shape index (κ1) is 19.0. The molecular weight excluding hydrogens is 288 g/mol. The van der Waals surface area contributed by atoms with Crippen molar-refractivity contribution in [2.45, 2.75) is 90.6 Å². The highest BCUT2D eigenvalue weighted by atomic mass is 16.6. The van der Waals surface area contributed by atoms with E-state index in [2.05, 4.69) is 34.3 Å². The van der Waals surface area contributed by atoms with Crippen LogP contribution >= 0.6 is 0 Å². The van der Waals surface area contributed by atoms with E-state index in [1.165, 1.54) is 5.57 Å². The van der Waals surface area contributed by atoms with Crippen LogP contribution in [0, 0.1) is 23.7 Å². The Hall–Kier alpha value is -0.380. The van der Waals surface area contributed by atoms with Gasteiger partial charge in [0.1, 0.15) is 0 Å². The Kier molecular flexibility index (Phi) is 6.32. The van der Waals surface area contributed by atoms with Crippen LogP contribution in [0.25, 0.3) is 0 Å². The Morgan fingerprint density at radius 1 is 1.04 bits per heavy atom. The fourth-order valence-corrected chi connectivity index (χ4v) is 4.38. The van der Waals surface area contributed by atoms with Crippen LogP contribution in [0.5, 0.6) is 0 Å². The van der Waals surface area contributed by atoms with Gasteiger partial charge in [0.15, 0.2) is 5.79 Å². The van der Waals surface area contributed by atoms with Crippen LogP contribution in [0.15, 0.2) is 12.2 Å². The minimum Gasteiger partial charge on any atom is -0.393 e. The molecule has 134 valence electrons. The van der Waals surface area contributed by atoms with Gasteiger partial charge in [-0.3, -0.25) is 0 Å². The maximum atomic E-state index is 10.9. The lowest BCUT2D eigenvalue weighted by Gasteiger charge is -2.27. The molecule has 2 aliphatic heterocycles. The number of allylic oxidation sites excluding steroid dienone is 1. The van der Waals surface area contributed by atoms with Gasteiger partial charge in [0.2, 0.25) is 0 Å². The topological polar surface area (TPSA) is 49.7 Å². The number of hydrogen-bond donors (Lipinski definition) is 2. The molecule has 7 atom stereocenters. The van der Waals surface area contributed by atoms with Crippen molar-refractivity contribution in [2.24, 2.45) is 23.7 Å². The van der Waals surface area contributed by atoms with Gasteiger partial charge in [-0.25, -0.2) is 0 Å². The monoisotopic (exact) mass is 324 g/mol. The molecule has 2 heterocycles. The lowest BCUT2D eigenvalue weighted by molar-refractivity contribution is -0.204. The summed E-state index contributed by atoms with van der Waals surface area (Å²) in [5.41, 5.74) is 1.20. The molecule has 3 nitrogen and oxygen atoms in total. The largest absolute Gasteiger partial charge is 0.393 e. The van der Waals surface area contributed by atoms with E-state index < -0.39 is 5.79 Å². The third-order valence-electron chi connectivity index (χ3n) is 6.11. The summed E-state index contributed by atoms with van der Waals surface area (Å²) < 4.78 is 6.13. The van der Waals surface area contributed by atoms with Crippen LogP contribution in [0.1, 0.15) is 72.6 Å². The Morgan fingerprint density at radius 2 is 1.74 bits per heavy atom. The van der Waals surface area contributed by atoms with Crippen molar-refractivity contribution in [1.82, 2.24) is 0 Å². The second kappa shape index (κ2) is 7.67. The van der Waals surface area contributed by atoms with E-state index in [0.29, 0.717) is 30.1 Å². The zero-order chi connectivity index (χ0) is 17.2. The smallest absolute Gasteiger partial charge is 0.166 e. The highest BCUT2D eigenvalue weighted by Gasteiger charge is 2.44. The predicted molar refractivity (Wildman–Crippen MR) is 93.9 cm³/mol. The molecule has 0 aromatic carbocycles. The van der Waals surface area contributed by atoms with E-state index in [1.54, 1.807) is 0 Å². The minimum atomic E-state index is -0.978. The number of aliphatic hydroxyl groups excluding tert-OH is 1. The molecule has 2 fully saturated rings. The molecule has 0 amide bonds. The number of rotatable bonds is 1. The predicted octanol–water partition coefficient (Wildman–Crippen LogP) is 4.28. The van der Waals surface area contributed by atoms with Crippen molar-refractivity contribution in [3.63, 3.8) is 0 Å². The van der Waals surface area contributed by atoms with Gasteiger partial charge in [0.05, 0.1) is 12.2 Å². The number of aliphatic hydroxyl groups is 2. The normalized spacial score (nSPS) is 46.5. The molecule has 2 aliphatic rings. The molecule has 2 bridgehead atoms. The van der Waals surface area contributed by atoms with Crippen LogP contribution in [0.4, 0.5) is 0 Å². The van der Waals surface area contributed by atoms with E-state index in [-0.39, 0.29) is 12.2 Å². The van der Waals surface area contributed by atoms with Gasteiger partial charge in [-0.15, -0.1) is 0 Å². The summed E-state index contributed by atoms with van der Waals surface area (Å²) in [6.07, 6.45) is 6.06. The van der Waals surface area contributed by atoms with Gasteiger partial charge in [-0.1, -0.05) is 32.9 Å². The zero-order valence-corrected chi connectivity index (χ0v) is 15.4. The quantitative estimate of drug-likeness (QED) is 0.708. The van der Waals surface area contributed by atoms with Crippen molar-refractivity contribution in [1.29, 1.82) is 0 Å². The van der Waals surface area contributed by atoms with Crippen LogP contribution in [-0.4, -0.2) is 28.2 Å². The summed E-state index contributed by atoms with van der Waals surface area (Å²) in [5.74, 6) is 0.514. The first-order chi connectivity index (χ1) is 10.7. The first-order valence-electron chi connectivity index (χ1n) is 9.44. The molecule has 0 radical (unpaired) electrons. The molecule has 1 unspecified atom stereocenters. The van der Waals surface area contributed by atoms with Crippen LogP contribution in [0.3, 0.4) is 0 Å². The van der Waals surface area contributed by atoms with Gasteiger partial charge in [-0.05, 0) is 62.7 Å². The van der Waals surface area contributed by atoms with Crippen molar-refractivity contribution < 1.29 is 14.9 Å². The molecule has 0 aliphatic carbocycles. The summed E-state index contributed by atoms with van der Waals surface area (Å²) >= 11 is 0. The fraction of sp³-hybridized carbons (Fsp3) is 0.900. The SMILES string of the molecule is C=C(C)[C@@H]1CC[C@@H](C)[C@H](O)CC[C@H](C)CC2(O)C[C@@H](C)[C@@H](C1)O2. The maximum absolute atomic E-state index is 10.9. The Labute approximate surface area is 142 Å². The number of hydrogen-bond acceptors (Lipinski definition) is 3. The van der Waals surface area contributed by atoms with Crippen molar-refractivity contribution in [3.05, 3.63) is 12.2 Å². The summed E-state index contributed by atoms with van der Waals surface area (Å²) in [6.45, 7) is 12.8.